The van der Waals surface area contributed by atoms with E-state index in [4.69, 9.17) is 4.74 Å². The predicted molar refractivity (Wildman–Crippen MR) is 116 cm³/mol. The van der Waals surface area contributed by atoms with Crippen LogP contribution >= 0.6 is 11.8 Å². The molecule has 0 aliphatic carbocycles. The molecule has 2 aromatic carbocycles. The minimum Gasteiger partial charge on any atom is -0.494 e. The number of thioether (sulfide) groups is 1. The number of ether oxygens (including phenoxy) is 1. The molecule has 2 saturated heterocycles. The Hall–Kier alpha value is -2.80. The van der Waals surface area contributed by atoms with Crippen LogP contribution in [0.1, 0.15) is 25.3 Å². The van der Waals surface area contributed by atoms with Gasteiger partial charge >= 0.3 is 0 Å². The van der Waals surface area contributed by atoms with Gasteiger partial charge in [-0.2, -0.15) is 0 Å². The van der Waals surface area contributed by atoms with Gasteiger partial charge in [-0.25, -0.2) is 9.38 Å². The first-order chi connectivity index (χ1) is 14.1. The minimum atomic E-state index is -0.257. The molecule has 2 aromatic rings. The number of anilines is 1. The average molecular weight is 412 g/mol. The molecule has 0 unspecified atom stereocenters. The highest BCUT2D eigenvalue weighted by atomic mass is 32.2. The van der Waals surface area contributed by atoms with E-state index in [2.05, 4.69) is 15.2 Å². The van der Waals surface area contributed by atoms with E-state index in [0.717, 1.165) is 37.4 Å². The highest BCUT2D eigenvalue weighted by Crippen LogP contribution is 2.30. The largest absolute Gasteiger partial charge is 0.494 e. The van der Waals surface area contributed by atoms with E-state index in [9.17, 15) is 9.18 Å². The second-order valence-corrected chi connectivity index (χ2v) is 7.84. The van der Waals surface area contributed by atoms with Gasteiger partial charge in [0.05, 0.1) is 22.9 Å². The minimum absolute atomic E-state index is 0.233. The van der Waals surface area contributed by atoms with Crippen LogP contribution in [0.5, 0.6) is 5.75 Å². The van der Waals surface area contributed by atoms with E-state index >= 15 is 0 Å². The standard InChI is InChI=1S/C22H22FN3O2S/c1-2-28-17-8-6-16(7-9-17)24-22-25-21(27)20(29-22)14-15-5-10-19(18(23)13-15)26-11-3-4-12-26/h5-10,13-14H,2-4,11-12H2,1H3,(H,24,25,27)/b20-14-. The van der Waals surface area contributed by atoms with Crippen molar-refractivity contribution < 1.29 is 13.9 Å². The Kier molecular flexibility index (Phi) is 5.85. The zero-order valence-corrected chi connectivity index (χ0v) is 17.0. The van der Waals surface area contributed by atoms with Crippen LogP contribution in [0.15, 0.2) is 52.4 Å². The van der Waals surface area contributed by atoms with Crippen LogP contribution in [-0.4, -0.2) is 30.8 Å². The molecule has 0 radical (unpaired) electrons. The van der Waals surface area contributed by atoms with E-state index in [0.29, 0.717) is 27.9 Å². The van der Waals surface area contributed by atoms with Gasteiger partial charge in [0.1, 0.15) is 11.6 Å². The number of hydrogen-bond acceptors (Lipinski definition) is 5. The Balaban J connectivity index is 1.48. The van der Waals surface area contributed by atoms with Crippen LogP contribution in [0, 0.1) is 5.82 Å². The summed E-state index contributed by atoms with van der Waals surface area (Å²) in [6.07, 6.45) is 3.88. The van der Waals surface area contributed by atoms with Crippen molar-refractivity contribution in [1.82, 2.24) is 5.32 Å². The van der Waals surface area contributed by atoms with Crippen molar-refractivity contribution in [2.45, 2.75) is 19.8 Å². The SMILES string of the molecule is CCOc1ccc(N=C2NC(=O)/C(=C/c3ccc(N4CCCC4)c(F)c3)S2)cc1. The van der Waals surface area contributed by atoms with Crippen molar-refractivity contribution in [3.63, 3.8) is 0 Å². The van der Waals surface area contributed by atoms with Crippen LogP contribution in [0.4, 0.5) is 15.8 Å². The number of carbonyl (C=O) groups is 1. The van der Waals surface area contributed by atoms with E-state index in [-0.39, 0.29) is 11.7 Å². The number of amidine groups is 1. The van der Waals surface area contributed by atoms with Crippen molar-refractivity contribution in [1.29, 1.82) is 0 Å². The zero-order chi connectivity index (χ0) is 20.2. The van der Waals surface area contributed by atoms with E-state index in [1.54, 1.807) is 12.1 Å². The van der Waals surface area contributed by atoms with Crippen LogP contribution < -0.4 is 15.0 Å². The summed E-state index contributed by atoms with van der Waals surface area (Å²) in [5.74, 6) is 0.288. The molecule has 2 aliphatic rings. The molecular weight excluding hydrogens is 389 g/mol. The normalized spacial score (nSPS) is 19.2. The number of nitrogens with one attached hydrogen (secondary N) is 1. The molecule has 0 atom stereocenters. The number of carbonyl (C=O) groups excluding carboxylic acids is 1. The lowest BCUT2D eigenvalue weighted by Crippen LogP contribution is -2.19. The quantitative estimate of drug-likeness (QED) is 0.724. The third-order valence-electron chi connectivity index (χ3n) is 4.75. The fourth-order valence-electron chi connectivity index (χ4n) is 3.36. The maximum Gasteiger partial charge on any atom is 0.264 e. The Morgan fingerprint density at radius 1 is 1.21 bits per heavy atom. The van der Waals surface area contributed by atoms with Crippen molar-refractivity contribution >= 4 is 40.3 Å². The van der Waals surface area contributed by atoms with Crippen LogP contribution in [0.2, 0.25) is 0 Å². The number of halogens is 1. The van der Waals surface area contributed by atoms with Crippen LogP contribution in [-0.2, 0) is 4.79 Å². The average Bonchev–Trinajstić information content (AvgIpc) is 3.34. The summed E-state index contributed by atoms with van der Waals surface area (Å²) >= 11 is 1.24. The lowest BCUT2D eigenvalue weighted by Gasteiger charge is -2.18. The van der Waals surface area contributed by atoms with E-state index < -0.39 is 0 Å². The number of aliphatic imine (C=N–C) groups is 1. The molecule has 4 rings (SSSR count). The maximum atomic E-state index is 14.5. The molecule has 0 bridgehead atoms. The molecule has 0 aromatic heterocycles. The van der Waals surface area contributed by atoms with Gasteiger partial charge in [-0.3, -0.25) is 4.79 Å². The summed E-state index contributed by atoms with van der Waals surface area (Å²) in [4.78, 5) is 19.3. The van der Waals surface area contributed by atoms with Gasteiger partial charge in [-0.15, -0.1) is 0 Å². The highest BCUT2D eigenvalue weighted by Gasteiger charge is 2.24. The summed E-state index contributed by atoms with van der Waals surface area (Å²) in [5, 5.41) is 3.26. The van der Waals surface area contributed by atoms with Crippen LogP contribution in [0.3, 0.4) is 0 Å². The number of nitrogens with zero attached hydrogens (tertiary/aromatic N) is 2. The number of rotatable bonds is 5. The number of amides is 1. The van der Waals surface area contributed by atoms with Crippen molar-refractivity contribution in [3.8, 4) is 5.75 Å². The molecule has 5 nitrogen and oxygen atoms in total. The molecule has 1 N–H and O–H groups in total. The second-order valence-electron chi connectivity index (χ2n) is 6.81. The lowest BCUT2D eigenvalue weighted by molar-refractivity contribution is -0.115. The van der Waals surface area contributed by atoms with E-state index in [1.165, 1.54) is 17.8 Å². The topological polar surface area (TPSA) is 53.9 Å². The van der Waals surface area contributed by atoms with Gasteiger partial charge in [-0.1, -0.05) is 6.07 Å². The van der Waals surface area contributed by atoms with Gasteiger partial charge in [0, 0.05) is 13.1 Å². The van der Waals surface area contributed by atoms with Gasteiger partial charge in [-0.05, 0) is 79.6 Å². The first-order valence-electron chi connectivity index (χ1n) is 9.69. The first-order valence-corrected chi connectivity index (χ1v) is 10.5. The molecular formula is C22H22FN3O2S. The van der Waals surface area contributed by atoms with Gasteiger partial charge in [0.15, 0.2) is 5.17 Å². The first kappa shape index (κ1) is 19.5. The summed E-state index contributed by atoms with van der Waals surface area (Å²) in [7, 11) is 0. The van der Waals surface area contributed by atoms with Crippen molar-refractivity contribution in [2.24, 2.45) is 4.99 Å². The third kappa shape index (κ3) is 4.62. The van der Waals surface area contributed by atoms with Crippen molar-refractivity contribution in [3.05, 3.63) is 58.8 Å². The Labute approximate surface area is 173 Å². The number of hydrogen-bond donors (Lipinski definition) is 1. The molecule has 150 valence electrons. The molecule has 1 amide bonds. The molecule has 7 heteroatoms. The Morgan fingerprint density at radius 3 is 2.66 bits per heavy atom. The van der Waals surface area contributed by atoms with Gasteiger partial charge < -0.3 is 15.0 Å². The monoisotopic (exact) mass is 411 g/mol. The van der Waals surface area contributed by atoms with E-state index in [1.807, 2.05) is 37.3 Å². The maximum absolute atomic E-state index is 14.5. The third-order valence-corrected chi connectivity index (χ3v) is 5.66. The molecule has 2 fully saturated rings. The van der Waals surface area contributed by atoms with Gasteiger partial charge in [0.2, 0.25) is 0 Å². The Morgan fingerprint density at radius 2 is 1.97 bits per heavy atom. The second kappa shape index (κ2) is 8.69. The molecule has 2 aliphatic heterocycles. The summed E-state index contributed by atoms with van der Waals surface area (Å²) < 4.78 is 19.9. The van der Waals surface area contributed by atoms with Crippen LogP contribution in [0.25, 0.3) is 6.08 Å². The molecule has 2 heterocycles. The molecule has 0 saturated carbocycles. The Bertz CT molecular complexity index is 967. The van der Waals surface area contributed by atoms with Gasteiger partial charge in [0.25, 0.3) is 5.91 Å². The fraction of sp³-hybridized carbons (Fsp3) is 0.273. The summed E-state index contributed by atoms with van der Waals surface area (Å²) in [5.41, 5.74) is 2.01. The predicted octanol–water partition coefficient (Wildman–Crippen LogP) is 4.72. The summed E-state index contributed by atoms with van der Waals surface area (Å²) in [6, 6.07) is 12.5. The molecule has 29 heavy (non-hydrogen) atoms. The highest BCUT2D eigenvalue weighted by molar-refractivity contribution is 8.18. The zero-order valence-electron chi connectivity index (χ0n) is 16.2. The summed E-state index contributed by atoms with van der Waals surface area (Å²) in [6.45, 7) is 4.31. The van der Waals surface area contributed by atoms with Crippen molar-refractivity contribution in [2.75, 3.05) is 24.6 Å². The molecule has 0 spiro atoms. The fourth-order valence-corrected chi connectivity index (χ4v) is 4.20. The number of benzene rings is 2. The smallest absolute Gasteiger partial charge is 0.264 e. The lowest BCUT2D eigenvalue weighted by atomic mass is 10.1.